The Morgan fingerprint density at radius 3 is 2.57 bits per heavy atom. The third kappa shape index (κ3) is 6.82. The van der Waals surface area contributed by atoms with Gasteiger partial charge in [0.15, 0.2) is 6.61 Å². The van der Waals surface area contributed by atoms with E-state index in [2.05, 4.69) is 22.9 Å². The smallest absolute Gasteiger partial charge is 0.340 e. The molecule has 0 aliphatic heterocycles. The minimum absolute atomic E-state index is 0.356. The van der Waals surface area contributed by atoms with E-state index in [0.29, 0.717) is 17.8 Å². The van der Waals surface area contributed by atoms with Gasteiger partial charge in [0.1, 0.15) is 0 Å². The highest BCUT2D eigenvalue weighted by Crippen LogP contribution is 2.16. The fraction of sp³-hybridized carbons (Fsp3) is 0.438. The number of anilines is 1. The lowest BCUT2D eigenvalue weighted by Crippen LogP contribution is -2.41. The fourth-order valence-electron chi connectivity index (χ4n) is 1.79. The molecule has 0 saturated heterocycles. The van der Waals surface area contributed by atoms with Crippen LogP contribution in [0.3, 0.4) is 0 Å². The average Bonchev–Trinajstić information content (AvgIpc) is 2.53. The molecule has 0 fully saturated rings. The average molecular weight is 321 g/mol. The summed E-state index contributed by atoms with van der Waals surface area (Å²) >= 11 is 0. The monoisotopic (exact) mass is 321 g/mol. The van der Waals surface area contributed by atoms with Crippen LogP contribution in [0.2, 0.25) is 0 Å². The Bertz CT molecular complexity index is 546. The predicted molar refractivity (Wildman–Crippen MR) is 87.3 cm³/mol. The Kier molecular flexibility index (Phi) is 8.20. The second-order valence-electron chi connectivity index (χ2n) is 4.81. The van der Waals surface area contributed by atoms with E-state index in [4.69, 9.17) is 4.74 Å². The van der Waals surface area contributed by atoms with E-state index in [1.807, 2.05) is 6.07 Å². The molecule has 0 spiro atoms. The summed E-state index contributed by atoms with van der Waals surface area (Å²) in [5.41, 5.74) is 1.02. The van der Waals surface area contributed by atoms with Crippen molar-refractivity contribution >= 4 is 23.6 Å². The molecule has 3 amide bonds. The van der Waals surface area contributed by atoms with Gasteiger partial charge < -0.3 is 15.4 Å². The number of rotatable bonds is 8. The van der Waals surface area contributed by atoms with Gasteiger partial charge >= 0.3 is 12.0 Å². The van der Waals surface area contributed by atoms with Gasteiger partial charge in [-0.05, 0) is 25.5 Å². The largest absolute Gasteiger partial charge is 0.452 e. The van der Waals surface area contributed by atoms with E-state index < -0.39 is 24.5 Å². The maximum atomic E-state index is 12.1. The van der Waals surface area contributed by atoms with Gasteiger partial charge in [-0.3, -0.25) is 10.1 Å². The van der Waals surface area contributed by atoms with Crippen molar-refractivity contribution in [1.29, 1.82) is 0 Å². The third-order valence-corrected chi connectivity index (χ3v) is 2.92. The zero-order valence-electron chi connectivity index (χ0n) is 13.5. The highest BCUT2D eigenvalue weighted by atomic mass is 16.5. The second-order valence-corrected chi connectivity index (χ2v) is 4.81. The summed E-state index contributed by atoms with van der Waals surface area (Å²) in [5.74, 6) is -1.30. The van der Waals surface area contributed by atoms with Gasteiger partial charge in [0.05, 0.1) is 5.56 Å². The van der Waals surface area contributed by atoms with Gasteiger partial charge in [0, 0.05) is 18.8 Å². The van der Waals surface area contributed by atoms with E-state index in [1.54, 1.807) is 25.1 Å². The van der Waals surface area contributed by atoms with Crippen LogP contribution in [0.5, 0.6) is 0 Å². The van der Waals surface area contributed by atoms with E-state index in [9.17, 15) is 14.4 Å². The molecule has 1 rings (SSSR count). The number of ether oxygens (including phenoxy) is 1. The number of urea groups is 1. The summed E-state index contributed by atoms with van der Waals surface area (Å²) in [4.78, 5) is 34.7. The minimum atomic E-state index is -0.680. The second kappa shape index (κ2) is 10.2. The first kappa shape index (κ1) is 18.5. The fourth-order valence-corrected chi connectivity index (χ4v) is 1.79. The predicted octanol–water partition coefficient (Wildman–Crippen LogP) is 1.90. The summed E-state index contributed by atoms with van der Waals surface area (Å²) in [6.07, 6.45) is 2.03. The first-order valence-electron chi connectivity index (χ1n) is 7.66. The molecule has 7 heteroatoms. The van der Waals surface area contributed by atoms with Crippen molar-refractivity contribution in [2.45, 2.75) is 26.7 Å². The number of amides is 3. The van der Waals surface area contributed by atoms with Gasteiger partial charge in [-0.25, -0.2) is 9.59 Å². The van der Waals surface area contributed by atoms with Crippen LogP contribution in [0.15, 0.2) is 24.3 Å². The third-order valence-electron chi connectivity index (χ3n) is 2.92. The molecule has 0 radical (unpaired) electrons. The highest BCUT2D eigenvalue weighted by Gasteiger charge is 2.15. The zero-order valence-corrected chi connectivity index (χ0v) is 13.5. The Morgan fingerprint density at radius 2 is 1.87 bits per heavy atom. The molecule has 0 aliphatic rings. The molecule has 0 aromatic heterocycles. The van der Waals surface area contributed by atoms with E-state index in [1.165, 1.54) is 0 Å². The van der Waals surface area contributed by atoms with E-state index in [0.717, 1.165) is 19.4 Å². The van der Waals surface area contributed by atoms with Crippen LogP contribution in [0, 0.1) is 0 Å². The first-order valence-corrected chi connectivity index (χ1v) is 7.66. The summed E-state index contributed by atoms with van der Waals surface area (Å²) in [6, 6.07) is 6.32. The molecule has 0 heterocycles. The van der Waals surface area contributed by atoms with Crippen LogP contribution in [0.25, 0.3) is 0 Å². The molecule has 3 N–H and O–H groups in total. The summed E-state index contributed by atoms with van der Waals surface area (Å²) in [7, 11) is 0. The van der Waals surface area contributed by atoms with Crippen LogP contribution in [-0.4, -0.2) is 37.6 Å². The number of carbonyl (C=O) groups is 3. The highest BCUT2D eigenvalue weighted by molar-refractivity contribution is 5.99. The standard InChI is InChI=1S/C16H23N3O4/c1-3-5-10-18-13-9-7-6-8-12(13)15(21)23-11-14(20)19-16(22)17-4-2/h6-9,18H,3-5,10-11H2,1-2H3,(H2,17,19,20,22). The number of carbonyl (C=O) groups excluding carboxylic acids is 3. The quantitative estimate of drug-likeness (QED) is 0.502. The maximum absolute atomic E-state index is 12.1. The Hall–Kier alpha value is -2.57. The van der Waals surface area contributed by atoms with Crippen molar-refractivity contribution < 1.29 is 19.1 Å². The lowest BCUT2D eigenvalue weighted by molar-refractivity contribution is -0.123. The molecular weight excluding hydrogens is 298 g/mol. The minimum Gasteiger partial charge on any atom is -0.452 e. The molecule has 0 aliphatic carbocycles. The van der Waals surface area contributed by atoms with Crippen molar-refractivity contribution in [3.05, 3.63) is 29.8 Å². The molecule has 126 valence electrons. The van der Waals surface area contributed by atoms with Gasteiger partial charge in [-0.2, -0.15) is 0 Å². The summed E-state index contributed by atoms with van der Waals surface area (Å²) in [5, 5.41) is 7.64. The maximum Gasteiger partial charge on any atom is 0.340 e. The number of para-hydroxylation sites is 1. The molecule has 7 nitrogen and oxygen atoms in total. The molecule has 0 unspecified atom stereocenters. The van der Waals surface area contributed by atoms with Crippen molar-refractivity contribution in [2.24, 2.45) is 0 Å². The topological polar surface area (TPSA) is 96.5 Å². The number of hydrogen-bond acceptors (Lipinski definition) is 5. The van der Waals surface area contributed by atoms with Crippen LogP contribution in [0.1, 0.15) is 37.0 Å². The molecule has 1 aromatic carbocycles. The Morgan fingerprint density at radius 1 is 1.13 bits per heavy atom. The molecule has 0 bridgehead atoms. The lowest BCUT2D eigenvalue weighted by atomic mass is 10.1. The van der Waals surface area contributed by atoms with Crippen molar-refractivity contribution in [2.75, 3.05) is 25.0 Å². The van der Waals surface area contributed by atoms with Crippen LogP contribution < -0.4 is 16.0 Å². The number of nitrogens with one attached hydrogen (secondary N) is 3. The number of hydrogen-bond donors (Lipinski definition) is 3. The Balaban J connectivity index is 2.54. The van der Waals surface area contributed by atoms with Crippen LogP contribution >= 0.6 is 0 Å². The number of imide groups is 1. The first-order chi connectivity index (χ1) is 11.1. The lowest BCUT2D eigenvalue weighted by Gasteiger charge is -2.11. The molecule has 1 aromatic rings. The van der Waals surface area contributed by atoms with E-state index >= 15 is 0 Å². The van der Waals surface area contributed by atoms with Gasteiger partial charge in [0.2, 0.25) is 0 Å². The number of benzene rings is 1. The number of unbranched alkanes of at least 4 members (excludes halogenated alkanes) is 1. The SMILES string of the molecule is CCCCNc1ccccc1C(=O)OCC(=O)NC(=O)NCC. The number of esters is 1. The van der Waals surface area contributed by atoms with Gasteiger partial charge in [-0.1, -0.05) is 25.5 Å². The van der Waals surface area contributed by atoms with Gasteiger partial charge in [-0.15, -0.1) is 0 Å². The van der Waals surface area contributed by atoms with E-state index in [-0.39, 0.29) is 0 Å². The molecule has 0 atom stereocenters. The Labute approximate surface area is 135 Å². The summed E-state index contributed by atoms with van der Waals surface area (Å²) in [6.45, 7) is 4.44. The molecule has 0 saturated carbocycles. The van der Waals surface area contributed by atoms with Crippen molar-refractivity contribution in [1.82, 2.24) is 10.6 Å². The molecule has 23 heavy (non-hydrogen) atoms. The zero-order chi connectivity index (χ0) is 17.1. The van der Waals surface area contributed by atoms with Crippen LogP contribution in [0.4, 0.5) is 10.5 Å². The normalized spacial score (nSPS) is 9.83. The van der Waals surface area contributed by atoms with Gasteiger partial charge in [0.25, 0.3) is 5.91 Å². The van der Waals surface area contributed by atoms with Crippen molar-refractivity contribution in [3.8, 4) is 0 Å². The summed E-state index contributed by atoms with van der Waals surface area (Å²) < 4.78 is 4.94. The van der Waals surface area contributed by atoms with Crippen molar-refractivity contribution in [3.63, 3.8) is 0 Å². The van der Waals surface area contributed by atoms with Crippen LogP contribution in [-0.2, 0) is 9.53 Å². The molecular formula is C16H23N3O4.